The molecular weight excluding hydrogens is 467 g/mol. The van der Waals surface area contributed by atoms with Gasteiger partial charge in [0.1, 0.15) is 0 Å². The van der Waals surface area contributed by atoms with Gasteiger partial charge >= 0.3 is 6.03 Å². The van der Waals surface area contributed by atoms with Crippen LogP contribution in [0.2, 0.25) is 0 Å². The first kappa shape index (κ1) is 23.8. The Kier molecular flexibility index (Phi) is 9.84. The van der Waals surface area contributed by atoms with Gasteiger partial charge in [0.15, 0.2) is 5.96 Å². The van der Waals surface area contributed by atoms with Crippen molar-refractivity contribution in [1.29, 1.82) is 0 Å². The van der Waals surface area contributed by atoms with E-state index in [9.17, 15) is 4.79 Å². The first-order valence-corrected chi connectivity index (χ1v) is 9.07. The number of hydrogen-bond donors (Lipinski definition) is 3. The molecule has 2 amide bonds. The standard InChI is InChI=1S/C20H30N6O.HI/c1-15(2)23-20(27)24-17-10-8-16(9-11-17)13-22-19(21-3)26(5)14-18-7-6-12-25(18)4;/h6-12,15H,13-14H2,1-5H3,(H,21,22)(H2,23,24,27);1H. The summed E-state index contributed by atoms with van der Waals surface area (Å²) in [5, 5.41) is 8.99. The van der Waals surface area contributed by atoms with E-state index in [0.29, 0.717) is 6.54 Å². The van der Waals surface area contributed by atoms with Crippen LogP contribution in [0.25, 0.3) is 0 Å². The number of carbonyl (C=O) groups is 1. The maximum atomic E-state index is 11.7. The molecule has 1 aromatic heterocycles. The Morgan fingerprint density at radius 2 is 1.89 bits per heavy atom. The SMILES string of the molecule is CN=C(NCc1ccc(NC(=O)NC(C)C)cc1)N(C)Cc1cccn1C.I. The number of halogens is 1. The second kappa shape index (κ2) is 11.6. The van der Waals surface area contributed by atoms with E-state index >= 15 is 0 Å². The smallest absolute Gasteiger partial charge is 0.319 e. The molecule has 0 aliphatic carbocycles. The van der Waals surface area contributed by atoms with Gasteiger partial charge in [0, 0.05) is 51.3 Å². The summed E-state index contributed by atoms with van der Waals surface area (Å²) in [4.78, 5) is 18.2. The number of hydrogen-bond acceptors (Lipinski definition) is 2. The number of amides is 2. The lowest BCUT2D eigenvalue weighted by molar-refractivity contribution is 0.250. The van der Waals surface area contributed by atoms with Crippen LogP contribution in [0.1, 0.15) is 25.1 Å². The second-order valence-corrected chi connectivity index (χ2v) is 6.82. The number of aryl methyl sites for hydroxylation is 1. The summed E-state index contributed by atoms with van der Waals surface area (Å²) in [5.41, 5.74) is 3.09. The van der Waals surface area contributed by atoms with Gasteiger partial charge in [-0.2, -0.15) is 0 Å². The highest BCUT2D eigenvalue weighted by atomic mass is 127. The molecule has 7 nitrogen and oxygen atoms in total. The number of anilines is 1. The third kappa shape index (κ3) is 7.41. The molecule has 1 heterocycles. The largest absolute Gasteiger partial charge is 0.353 e. The molecule has 0 aliphatic rings. The molecule has 154 valence electrons. The van der Waals surface area contributed by atoms with Gasteiger partial charge in [0.25, 0.3) is 0 Å². The van der Waals surface area contributed by atoms with E-state index in [2.05, 4.69) is 36.5 Å². The van der Waals surface area contributed by atoms with Gasteiger partial charge in [0.2, 0.25) is 0 Å². The van der Waals surface area contributed by atoms with E-state index in [-0.39, 0.29) is 36.0 Å². The fourth-order valence-electron chi connectivity index (χ4n) is 2.68. The van der Waals surface area contributed by atoms with E-state index < -0.39 is 0 Å². The van der Waals surface area contributed by atoms with Crippen molar-refractivity contribution in [1.82, 2.24) is 20.1 Å². The molecule has 0 radical (unpaired) electrons. The van der Waals surface area contributed by atoms with Crippen molar-refractivity contribution in [3.63, 3.8) is 0 Å². The van der Waals surface area contributed by atoms with Crippen LogP contribution < -0.4 is 16.0 Å². The van der Waals surface area contributed by atoms with Crippen molar-refractivity contribution >= 4 is 41.7 Å². The lowest BCUT2D eigenvalue weighted by Gasteiger charge is -2.22. The number of nitrogens with zero attached hydrogens (tertiary/aromatic N) is 3. The summed E-state index contributed by atoms with van der Waals surface area (Å²) < 4.78 is 2.10. The molecule has 0 spiro atoms. The van der Waals surface area contributed by atoms with Crippen LogP contribution in [0.3, 0.4) is 0 Å². The normalized spacial score (nSPS) is 11.0. The fourth-order valence-corrected chi connectivity index (χ4v) is 2.68. The van der Waals surface area contributed by atoms with E-state index in [1.165, 1.54) is 5.69 Å². The van der Waals surface area contributed by atoms with Gasteiger partial charge in [-0.3, -0.25) is 4.99 Å². The maximum Gasteiger partial charge on any atom is 0.319 e. The lowest BCUT2D eigenvalue weighted by Crippen LogP contribution is -2.38. The number of urea groups is 1. The van der Waals surface area contributed by atoms with Crippen LogP contribution in [0.4, 0.5) is 10.5 Å². The van der Waals surface area contributed by atoms with Gasteiger partial charge in [-0.25, -0.2) is 4.79 Å². The number of guanidine groups is 1. The van der Waals surface area contributed by atoms with Gasteiger partial charge in [-0.1, -0.05) is 12.1 Å². The Morgan fingerprint density at radius 3 is 2.43 bits per heavy atom. The van der Waals surface area contributed by atoms with Crippen LogP contribution in [-0.2, 0) is 20.1 Å². The minimum atomic E-state index is -0.196. The highest BCUT2D eigenvalue weighted by molar-refractivity contribution is 14.0. The number of aliphatic imine (C=N–C) groups is 1. The topological polar surface area (TPSA) is 73.7 Å². The summed E-state index contributed by atoms with van der Waals surface area (Å²) in [6.45, 7) is 5.28. The zero-order chi connectivity index (χ0) is 19.8. The lowest BCUT2D eigenvalue weighted by atomic mass is 10.2. The molecule has 3 N–H and O–H groups in total. The second-order valence-electron chi connectivity index (χ2n) is 6.82. The zero-order valence-corrected chi connectivity index (χ0v) is 19.5. The van der Waals surface area contributed by atoms with Gasteiger partial charge < -0.3 is 25.4 Å². The molecule has 0 saturated carbocycles. The van der Waals surface area contributed by atoms with Crippen molar-refractivity contribution < 1.29 is 4.79 Å². The maximum absolute atomic E-state index is 11.7. The zero-order valence-electron chi connectivity index (χ0n) is 17.2. The summed E-state index contributed by atoms with van der Waals surface area (Å²) in [6, 6.07) is 11.8. The Morgan fingerprint density at radius 1 is 1.21 bits per heavy atom. The average molecular weight is 498 g/mol. The predicted molar refractivity (Wildman–Crippen MR) is 126 cm³/mol. The summed E-state index contributed by atoms with van der Waals surface area (Å²) in [5.74, 6) is 0.828. The Bertz CT molecular complexity index is 769. The van der Waals surface area contributed by atoms with Gasteiger partial charge in [-0.15, -0.1) is 24.0 Å². The van der Waals surface area contributed by atoms with Gasteiger partial charge in [-0.05, 0) is 43.7 Å². The average Bonchev–Trinajstić information content (AvgIpc) is 3.01. The molecule has 1 aromatic carbocycles. The van der Waals surface area contributed by atoms with Crippen LogP contribution in [0, 0.1) is 0 Å². The molecule has 0 bridgehead atoms. The fraction of sp³-hybridized carbons (Fsp3) is 0.400. The van der Waals surface area contributed by atoms with Crippen LogP contribution in [0.15, 0.2) is 47.6 Å². The highest BCUT2D eigenvalue weighted by Gasteiger charge is 2.08. The van der Waals surface area contributed by atoms with Crippen molar-refractivity contribution in [3.05, 3.63) is 53.9 Å². The number of rotatable bonds is 6. The molecule has 8 heteroatoms. The highest BCUT2D eigenvalue weighted by Crippen LogP contribution is 2.10. The Hall–Kier alpha value is -2.23. The molecule has 0 saturated heterocycles. The Labute approximate surface area is 184 Å². The van der Waals surface area contributed by atoms with E-state index in [4.69, 9.17) is 0 Å². The van der Waals surface area contributed by atoms with Crippen molar-refractivity contribution in [2.45, 2.75) is 33.0 Å². The molecular formula is C20H31IN6O. The van der Waals surface area contributed by atoms with E-state index in [1.807, 2.05) is 64.5 Å². The number of aromatic nitrogens is 1. The molecule has 0 unspecified atom stereocenters. The summed E-state index contributed by atoms with van der Waals surface area (Å²) in [6.07, 6.45) is 2.04. The quantitative estimate of drug-likeness (QED) is 0.325. The van der Waals surface area contributed by atoms with Crippen LogP contribution >= 0.6 is 24.0 Å². The van der Waals surface area contributed by atoms with Gasteiger partial charge in [0.05, 0.1) is 6.54 Å². The van der Waals surface area contributed by atoms with Crippen molar-refractivity contribution in [3.8, 4) is 0 Å². The monoisotopic (exact) mass is 498 g/mol. The molecule has 0 atom stereocenters. The number of carbonyl (C=O) groups excluding carboxylic acids is 1. The summed E-state index contributed by atoms with van der Waals surface area (Å²) >= 11 is 0. The minimum absolute atomic E-state index is 0. The number of nitrogens with one attached hydrogen (secondary N) is 3. The van der Waals surface area contributed by atoms with Crippen molar-refractivity contribution in [2.75, 3.05) is 19.4 Å². The molecule has 28 heavy (non-hydrogen) atoms. The van der Waals surface area contributed by atoms with E-state index in [1.54, 1.807) is 7.05 Å². The van der Waals surface area contributed by atoms with Crippen LogP contribution in [-0.4, -0.2) is 41.6 Å². The predicted octanol–water partition coefficient (Wildman–Crippen LogP) is 3.38. The molecule has 0 fully saturated rings. The Balaban J connectivity index is 0.00000392. The minimum Gasteiger partial charge on any atom is -0.353 e. The first-order valence-electron chi connectivity index (χ1n) is 9.07. The van der Waals surface area contributed by atoms with Crippen LogP contribution in [0.5, 0.6) is 0 Å². The number of benzene rings is 1. The third-order valence-corrected chi connectivity index (χ3v) is 4.11. The van der Waals surface area contributed by atoms with Crippen molar-refractivity contribution in [2.24, 2.45) is 12.0 Å². The third-order valence-electron chi connectivity index (χ3n) is 4.11. The van der Waals surface area contributed by atoms with E-state index in [0.717, 1.165) is 23.8 Å². The molecule has 2 aromatic rings. The molecule has 0 aliphatic heterocycles. The molecule has 2 rings (SSSR count). The first-order chi connectivity index (χ1) is 12.9. The summed E-state index contributed by atoms with van der Waals surface area (Å²) in [7, 11) is 5.84.